The summed E-state index contributed by atoms with van der Waals surface area (Å²) in [6.07, 6.45) is 2.50. The topological polar surface area (TPSA) is 47.0 Å². The number of anilines is 1. The Morgan fingerprint density at radius 1 is 1.45 bits per heavy atom. The maximum absolute atomic E-state index is 13.0. The van der Waals surface area contributed by atoms with Gasteiger partial charge in [-0.25, -0.2) is 4.39 Å². The van der Waals surface area contributed by atoms with Crippen molar-refractivity contribution in [1.29, 1.82) is 0 Å². The summed E-state index contributed by atoms with van der Waals surface area (Å²) in [4.78, 5) is 0. The van der Waals surface area contributed by atoms with E-state index in [0.717, 1.165) is 41.0 Å². The van der Waals surface area contributed by atoms with Crippen LogP contribution in [0, 0.1) is 5.82 Å². The summed E-state index contributed by atoms with van der Waals surface area (Å²) < 4.78 is 19.4. The van der Waals surface area contributed by atoms with Gasteiger partial charge in [-0.3, -0.25) is 0 Å². The van der Waals surface area contributed by atoms with Crippen LogP contribution in [0.15, 0.2) is 22.5 Å². The Hall–Kier alpha value is -0.890. The van der Waals surface area contributed by atoms with Crippen LogP contribution in [0.3, 0.4) is 0 Å². The molecule has 0 bridgehead atoms. The van der Waals surface area contributed by atoms with Crippen molar-refractivity contribution in [3.8, 4) is 0 Å². The van der Waals surface area contributed by atoms with Crippen molar-refractivity contribution in [2.75, 3.05) is 18.5 Å². The lowest BCUT2D eigenvalue weighted by atomic mass is 10.2. The number of hydrogen-bond acceptors (Lipinski definition) is 6. The van der Waals surface area contributed by atoms with Gasteiger partial charge in [0.25, 0.3) is 0 Å². The van der Waals surface area contributed by atoms with Crippen LogP contribution in [0.1, 0.15) is 18.4 Å². The second kappa shape index (κ2) is 7.59. The molecule has 1 aliphatic heterocycles. The Balaban J connectivity index is 1.50. The summed E-state index contributed by atoms with van der Waals surface area (Å²) in [5.74, 6) is 0.315. The largest absolute Gasteiger partial charge is 0.376 e. The number of rotatable bonds is 6. The molecule has 2 heterocycles. The molecule has 0 saturated carbocycles. The van der Waals surface area contributed by atoms with E-state index in [1.165, 1.54) is 35.2 Å². The first-order valence-corrected chi connectivity index (χ1v) is 9.14. The molecular weight excluding hydrogens is 345 g/mol. The van der Waals surface area contributed by atoms with Crippen LogP contribution < -0.4 is 5.32 Å². The first-order chi connectivity index (χ1) is 10.7. The van der Waals surface area contributed by atoms with Gasteiger partial charge in [0.05, 0.1) is 6.10 Å². The Labute approximate surface area is 141 Å². The standard InChI is InChI=1S/C14H15ClFN3OS2/c15-12-6-10(16)4-3-9(12)8-21-14-19-18-13(22-14)17-7-11-2-1-5-20-11/h3-4,6,11H,1-2,5,7-8H2,(H,17,18)/t11-/m0/s1. The van der Waals surface area contributed by atoms with Crippen LogP contribution in [-0.2, 0) is 10.5 Å². The second-order valence-corrected chi connectivity index (χ2v) is 7.52. The van der Waals surface area contributed by atoms with Gasteiger partial charge in [0.1, 0.15) is 5.82 Å². The molecule has 8 heteroatoms. The molecule has 2 aromatic rings. The van der Waals surface area contributed by atoms with Crippen LogP contribution in [0.25, 0.3) is 0 Å². The normalized spacial score (nSPS) is 17.8. The van der Waals surface area contributed by atoms with Crippen LogP contribution >= 0.6 is 34.7 Å². The number of nitrogens with zero attached hydrogens (tertiary/aromatic N) is 2. The summed E-state index contributed by atoms with van der Waals surface area (Å²) in [5, 5.41) is 12.7. The molecule has 1 saturated heterocycles. The van der Waals surface area contributed by atoms with Gasteiger partial charge in [0.15, 0.2) is 4.34 Å². The highest BCUT2D eigenvalue weighted by Crippen LogP contribution is 2.30. The van der Waals surface area contributed by atoms with Gasteiger partial charge in [-0.15, -0.1) is 10.2 Å². The van der Waals surface area contributed by atoms with Gasteiger partial charge in [-0.1, -0.05) is 40.8 Å². The zero-order valence-corrected chi connectivity index (χ0v) is 14.1. The first-order valence-electron chi connectivity index (χ1n) is 6.96. The fraction of sp³-hybridized carbons (Fsp3) is 0.429. The summed E-state index contributed by atoms with van der Waals surface area (Å²) in [6, 6.07) is 4.44. The minimum Gasteiger partial charge on any atom is -0.376 e. The Bertz CT molecular complexity index is 634. The number of ether oxygens (including phenoxy) is 1. The lowest BCUT2D eigenvalue weighted by Crippen LogP contribution is -2.18. The molecule has 1 aliphatic rings. The Morgan fingerprint density at radius 3 is 3.14 bits per heavy atom. The minimum atomic E-state index is -0.324. The van der Waals surface area contributed by atoms with Gasteiger partial charge in [0, 0.05) is 23.9 Å². The minimum absolute atomic E-state index is 0.276. The summed E-state index contributed by atoms with van der Waals surface area (Å²) in [6.45, 7) is 1.62. The highest BCUT2D eigenvalue weighted by Gasteiger charge is 2.16. The Morgan fingerprint density at radius 2 is 2.36 bits per heavy atom. The number of thioether (sulfide) groups is 1. The molecule has 0 amide bonds. The molecule has 0 aliphatic carbocycles. The number of nitrogens with one attached hydrogen (secondary N) is 1. The van der Waals surface area contributed by atoms with Crippen LogP contribution in [-0.4, -0.2) is 29.5 Å². The smallest absolute Gasteiger partial charge is 0.206 e. The first kappa shape index (κ1) is 16.0. The molecule has 3 rings (SSSR count). The monoisotopic (exact) mass is 359 g/mol. The van der Waals surface area contributed by atoms with E-state index in [2.05, 4.69) is 15.5 Å². The molecule has 118 valence electrons. The Kier molecular flexibility index (Phi) is 5.51. The molecule has 1 N–H and O–H groups in total. The quantitative estimate of drug-likeness (QED) is 0.783. The van der Waals surface area contributed by atoms with Crippen LogP contribution in [0.4, 0.5) is 9.52 Å². The van der Waals surface area contributed by atoms with E-state index < -0.39 is 0 Å². The number of aromatic nitrogens is 2. The lowest BCUT2D eigenvalue weighted by Gasteiger charge is -2.08. The van der Waals surface area contributed by atoms with E-state index in [1.807, 2.05) is 0 Å². The van der Waals surface area contributed by atoms with Gasteiger partial charge < -0.3 is 10.1 Å². The van der Waals surface area contributed by atoms with Crippen LogP contribution in [0.2, 0.25) is 5.02 Å². The average molecular weight is 360 g/mol. The van der Waals surface area contributed by atoms with Crippen molar-refractivity contribution in [2.24, 2.45) is 0 Å². The molecular formula is C14H15ClFN3OS2. The third-order valence-corrected chi connectivity index (χ3v) is 5.69. The van der Waals surface area contributed by atoms with Crippen molar-refractivity contribution in [3.05, 3.63) is 34.6 Å². The van der Waals surface area contributed by atoms with Crippen LogP contribution in [0.5, 0.6) is 0 Å². The average Bonchev–Trinajstić information content (AvgIpc) is 3.16. The van der Waals surface area contributed by atoms with E-state index in [1.54, 1.807) is 6.07 Å². The summed E-state index contributed by atoms with van der Waals surface area (Å²) in [5.41, 5.74) is 0.886. The van der Waals surface area contributed by atoms with Gasteiger partial charge >= 0.3 is 0 Å². The highest BCUT2D eigenvalue weighted by atomic mass is 35.5. The SMILES string of the molecule is Fc1ccc(CSc2nnc(NC[C@@H]3CCCO3)s2)c(Cl)c1. The molecule has 1 aromatic heterocycles. The van der Waals surface area contributed by atoms with Crippen molar-refractivity contribution in [1.82, 2.24) is 10.2 Å². The van der Waals surface area contributed by atoms with Crippen molar-refractivity contribution < 1.29 is 9.13 Å². The molecule has 4 nitrogen and oxygen atoms in total. The molecule has 1 atom stereocenters. The molecule has 0 radical (unpaired) electrons. The lowest BCUT2D eigenvalue weighted by molar-refractivity contribution is 0.120. The zero-order chi connectivity index (χ0) is 15.4. The molecule has 0 unspecified atom stereocenters. The number of hydrogen-bond donors (Lipinski definition) is 1. The third-order valence-electron chi connectivity index (χ3n) is 3.28. The molecule has 22 heavy (non-hydrogen) atoms. The van der Waals surface area contributed by atoms with E-state index in [-0.39, 0.29) is 11.9 Å². The molecule has 0 spiro atoms. The van der Waals surface area contributed by atoms with Crippen molar-refractivity contribution in [2.45, 2.75) is 29.0 Å². The fourth-order valence-corrected chi connectivity index (χ4v) is 4.20. The zero-order valence-electron chi connectivity index (χ0n) is 11.7. The van der Waals surface area contributed by atoms with Crippen molar-refractivity contribution in [3.63, 3.8) is 0 Å². The highest BCUT2D eigenvalue weighted by molar-refractivity contribution is 8.00. The van der Waals surface area contributed by atoms with Gasteiger partial charge in [-0.2, -0.15) is 0 Å². The number of benzene rings is 1. The van der Waals surface area contributed by atoms with E-state index in [0.29, 0.717) is 10.8 Å². The molecule has 1 fully saturated rings. The van der Waals surface area contributed by atoms with Crippen molar-refractivity contribution >= 4 is 39.8 Å². The van der Waals surface area contributed by atoms with E-state index >= 15 is 0 Å². The maximum atomic E-state index is 13.0. The van der Waals surface area contributed by atoms with Gasteiger partial charge in [0.2, 0.25) is 5.13 Å². The van der Waals surface area contributed by atoms with E-state index in [4.69, 9.17) is 16.3 Å². The number of halogens is 2. The fourth-order valence-electron chi connectivity index (χ4n) is 2.12. The maximum Gasteiger partial charge on any atom is 0.206 e. The predicted octanol–water partition coefficient (Wildman–Crippen LogP) is 4.21. The van der Waals surface area contributed by atoms with E-state index in [9.17, 15) is 4.39 Å². The summed E-state index contributed by atoms with van der Waals surface area (Å²) >= 11 is 9.05. The third kappa shape index (κ3) is 4.32. The second-order valence-electron chi connectivity index (χ2n) is 4.91. The summed E-state index contributed by atoms with van der Waals surface area (Å²) in [7, 11) is 0. The molecule has 1 aromatic carbocycles. The van der Waals surface area contributed by atoms with Gasteiger partial charge in [-0.05, 0) is 30.5 Å². The predicted molar refractivity (Wildman–Crippen MR) is 88.3 cm³/mol.